The molecule has 0 spiro atoms. The van der Waals surface area contributed by atoms with Crippen molar-refractivity contribution in [2.45, 2.75) is 13.5 Å². The van der Waals surface area contributed by atoms with Gasteiger partial charge in [0.25, 0.3) is 5.91 Å². The van der Waals surface area contributed by atoms with Crippen LogP contribution < -0.4 is 5.32 Å². The molecule has 0 aliphatic heterocycles. The van der Waals surface area contributed by atoms with Crippen LogP contribution in [-0.4, -0.2) is 24.9 Å². The highest BCUT2D eigenvalue weighted by Crippen LogP contribution is 2.23. The van der Waals surface area contributed by atoms with E-state index >= 15 is 0 Å². The smallest absolute Gasteiger partial charge is 0.253 e. The van der Waals surface area contributed by atoms with Gasteiger partial charge in [0.15, 0.2) is 0 Å². The van der Waals surface area contributed by atoms with Crippen molar-refractivity contribution in [3.8, 4) is 0 Å². The van der Waals surface area contributed by atoms with Crippen LogP contribution in [0.25, 0.3) is 0 Å². The molecule has 2 rings (SSSR count). The second-order valence-corrected chi connectivity index (χ2v) is 7.13. The third kappa shape index (κ3) is 3.61. The SMILES string of the molecule is Cc1ccc(C(=O)N(C)C)cc1NCc1csc(Br)c1. The largest absolute Gasteiger partial charge is 0.381 e. The highest BCUT2D eigenvalue weighted by molar-refractivity contribution is 9.11. The van der Waals surface area contributed by atoms with Crippen molar-refractivity contribution < 1.29 is 4.79 Å². The number of carbonyl (C=O) groups is 1. The van der Waals surface area contributed by atoms with Crippen molar-refractivity contribution in [3.63, 3.8) is 0 Å². The molecule has 0 aliphatic carbocycles. The Morgan fingerprint density at radius 2 is 2.10 bits per heavy atom. The molecule has 106 valence electrons. The number of benzene rings is 1. The van der Waals surface area contributed by atoms with E-state index in [1.54, 1.807) is 30.3 Å². The average molecular weight is 353 g/mol. The fourth-order valence-corrected chi connectivity index (χ4v) is 3.05. The molecular formula is C15H17BrN2OS. The van der Waals surface area contributed by atoms with Crippen molar-refractivity contribution in [2.24, 2.45) is 0 Å². The van der Waals surface area contributed by atoms with Gasteiger partial charge in [-0.2, -0.15) is 0 Å². The summed E-state index contributed by atoms with van der Waals surface area (Å²) in [5.41, 5.74) is 4.06. The Balaban J connectivity index is 2.14. The van der Waals surface area contributed by atoms with Crippen molar-refractivity contribution in [1.82, 2.24) is 4.90 Å². The van der Waals surface area contributed by atoms with Gasteiger partial charge in [-0.1, -0.05) is 6.07 Å². The van der Waals surface area contributed by atoms with Gasteiger partial charge in [0.2, 0.25) is 0 Å². The van der Waals surface area contributed by atoms with E-state index < -0.39 is 0 Å². The number of rotatable bonds is 4. The Morgan fingerprint density at radius 3 is 2.70 bits per heavy atom. The quantitative estimate of drug-likeness (QED) is 0.896. The van der Waals surface area contributed by atoms with Crippen LogP contribution in [0, 0.1) is 6.92 Å². The molecule has 1 aromatic carbocycles. The molecule has 3 nitrogen and oxygen atoms in total. The van der Waals surface area contributed by atoms with E-state index in [0.29, 0.717) is 5.56 Å². The first-order valence-corrected chi connectivity index (χ1v) is 7.93. The third-order valence-electron chi connectivity index (χ3n) is 3.00. The minimum atomic E-state index is 0.0197. The van der Waals surface area contributed by atoms with E-state index in [0.717, 1.165) is 21.6 Å². The molecular weight excluding hydrogens is 336 g/mol. The van der Waals surface area contributed by atoms with Gasteiger partial charge in [0.1, 0.15) is 0 Å². The van der Waals surface area contributed by atoms with Crippen LogP contribution in [0.3, 0.4) is 0 Å². The fourth-order valence-electron chi connectivity index (χ4n) is 1.84. The van der Waals surface area contributed by atoms with Crippen molar-refractivity contribution in [3.05, 3.63) is 50.1 Å². The minimum absolute atomic E-state index is 0.0197. The maximum Gasteiger partial charge on any atom is 0.253 e. The summed E-state index contributed by atoms with van der Waals surface area (Å²) in [5, 5.41) is 5.50. The Morgan fingerprint density at radius 1 is 1.35 bits per heavy atom. The summed E-state index contributed by atoms with van der Waals surface area (Å²) in [7, 11) is 3.52. The maximum atomic E-state index is 12.0. The number of aryl methyl sites for hydroxylation is 1. The van der Waals surface area contributed by atoms with Crippen molar-refractivity contribution in [2.75, 3.05) is 19.4 Å². The average Bonchev–Trinajstić information content (AvgIpc) is 2.82. The molecule has 0 aliphatic rings. The van der Waals surface area contributed by atoms with E-state index in [-0.39, 0.29) is 5.91 Å². The Bertz CT molecular complexity index is 622. The summed E-state index contributed by atoms with van der Waals surface area (Å²) in [6.45, 7) is 2.79. The van der Waals surface area contributed by atoms with E-state index in [9.17, 15) is 4.79 Å². The molecule has 1 heterocycles. The molecule has 5 heteroatoms. The van der Waals surface area contributed by atoms with Gasteiger partial charge in [0, 0.05) is 31.9 Å². The molecule has 2 aromatic rings. The van der Waals surface area contributed by atoms with Gasteiger partial charge in [0.05, 0.1) is 3.79 Å². The zero-order valence-corrected chi connectivity index (χ0v) is 14.1. The minimum Gasteiger partial charge on any atom is -0.381 e. The van der Waals surface area contributed by atoms with Crippen LogP contribution in [-0.2, 0) is 6.54 Å². The predicted octanol–water partition coefficient (Wildman–Crippen LogP) is 4.13. The molecule has 0 radical (unpaired) electrons. The first kappa shape index (κ1) is 15.1. The summed E-state index contributed by atoms with van der Waals surface area (Å²) in [4.78, 5) is 13.6. The first-order valence-electron chi connectivity index (χ1n) is 6.26. The lowest BCUT2D eigenvalue weighted by Crippen LogP contribution is -2.21. The van der Waals surface area contributed by atoms with Crippen molar-refractivity contribution >= 4 is 38.9 Å². The molecule has 0 atom stereocenters. The van der Waals surface area contributed by atoms with E-state index in [4.69, 9.17) is 0 Å². The normalized spacial score (nSPS) is 10.4. The number of amides is 1. The topological polar surface area (TPSA) is 32.3 Å². The van der Waals surface area contributed by atoms with Gasteiger partial charge in [-0.15, -0.1) is 11.3 Å². The first-order chi connectivity index (χ1) is 9.47. The number of hydrogen-bond acceptors (Lipinski definition) is 3. The zero-order chi connectivity index (χ0) is 14.7. The molecule has 1 amide bonds. The van der Waals surface area contributed by atoms with Crippen LogP contribution in [0.4, 0.5) is 5.69 Å². The number of nitrogens with zero attached hydrogens (tertiary/aromatic N) is 1. The Hall–Kier alpha value is -1.33. The number of halogens is 1. The molecule has 20 heavy (non-hydrogen) atoms. The lowest BCUT2D eigenvalue weighted by atomic mass is 10.1. The number of thiophene rings is 1. The molecule has 0 saturated carbocycles. The van der Waals surface area contributed by atoms with Gasteiger partial charge in [-0.3, -0.25) is 4.79 Å². The number of anilines is 1. The lowest BCUT2D eigenvalue weighted by Gasteiger charge is -2.14. The van der Waals surface area contributed by atoms with Crippen molar-refractivity contribution in [1.29, 1.82) is 0 Å². The number of carbonyl (C=O) groups excluding carboxylic acids is 1. The highest BCUT2D eigenvalue weighted by Gasteiger charge is 2.10. The Labute approximate surface area is 131 Å². The molecule has 1 N–H and O–H groups in total. The summed E-state index contributed by atoms with van der Waals surface area (Å²) >= 11 is 5.13. The van der Waals surface area contributed by atoms with Gasteiger partial charge < -0.3 is 10.2 Å². The molecule has 0 bridgehead atoms. The lowest BCUT2D eigenvalue weighted by molar-refractivity contribution is 0.0827. The van der Waals surface area contributed by atoms with Crippen LogP contribution in [0.1, 0.15) is 21.5 Å². The molecule has 0 saturated heterocycles. The zero-order valence-electron chi connectivity index (χ0n) is 11.7. The van der Waals surface area contributed by atoms with Gasteiger partial charge in [-0.05, 0) is 57.6 Å². The second kappa shape index (κ2) is 6.41. The second-order valence-electron chi connectivity index (χ2n) is 4.84. The summed E-state index contributed by atoms with van der Waals surface area (Å²) in [5.74, 6) is 0.0197. The molecule has 1 aromatic heterocycles. The number of nitrogens with one attached hydrogen (secondary N) is 1. The van der Waals surface area contributed by atoms with E-state index in [1.165, 1.54) is 5.56 Å². The van der Waals surface area contributed by atoms with Crippen LogP contribution in [0.15, 0.2) is 33.4 Å². The molecule has 0 fully saturated rings. The summed E-state index contributed by atoms with van der Waals surface area (Å²) in [6, 6.07) is 7.85. The standard InChI is InChI=1S/C15H17BrN2OS/c1-10-4-5-12(15(19)18(2)3)7-13(10)17-8-11-6-14(16)20-9-11/h4-7,9,17H,8H2,1-3H3. The van der Waals surface area contributed by atoms with Crippen LogP contribution in [0.2, 0.25) is 0 Å². The maximum absolute atomic E-state index is 12.0. The third-order valence-corrected chi connectivity index (χ3v) is 4.55. The summed E-state index contributed by atoms with van der Waals surface area (Å²) in [6.07, 6.45) is 0. The monoisotopic (exact) mass is 352 g/mol. The summed E-state index contributed by atoms with van der Waals surface area (Å²) < 4.78 is 1.13. The van der Waals surface area contributed by atoms with Crippen LogP contribution >= 0.6 is 27.3 Å². The fraction of sp³-hybridized carbons (Fsp3) is 0.267. The Kier molecular flexibility index (Phi) is 4.83. The van der Waals surface area contributed by atoms with Crippen LogP contribution in [0.5, 0.6) is 0 Å². The predicted molar refractivity (Wildman–Crippen MR) is 88.5 cm³/mol. The van der Waals surface area contributed by atoms with E-state index in [2.05, 4.69) is 32.7 Å². The number of hydrogen-bond donors (Lipinski definition) is 1. The molecule has 0 unspecified atom stereocenters. The highest BCUT2D eigenvalue weighted by atomic mass is 79.9. The van der Waals surface area contributed by atoms with Gasteiger partial charge >= 0.3 is 0 Å². The van der Waals surface area contributed by atoms with E-state index in [1.807, 2.05) is 25.1 Å². The van der Waals surface area contributed by atoms with Gasteiger partial charge in [-0.25, -0.2) is 0 Å².